The normalized spacial score (nSPS) is 19.4. The summed E-state index contributed by atoms with van der Waals surface area (Å²) in [5.74, 6) is 0.631. The van der Waals surface area contributed by atoms with Gasteiger partial charge in [0.15, 0.2) is 5.65 Å². The number of piperazine rings is 1. The Balaban J connectivity index is 1.27. The molecule has 3 aromatic rings. The van der Waals surface area contributed by atoms with Gasteiger partial charge in [-0.05, 0) is 37.6 Å². The number of anilines is 2. The van der Waals surface area contributed by atoms with Gasteiger partial charge in [-0.2, -0.15) is 10.1 Å². The highest BCUT2D eigenvalue weighted by molar-refractivity contribution is 5.75. The van der Waals surface area contributed by atoms with Gasteiger partial charge >= 0.3 is 0 Å². The first-order valence-electron chi connectivity index (χ1n) is 11.2. The predicted molar refractivity (Wildman–Crippen MR) is 120 cm³/mol. The van der Waals surface area contributed by atoms with Crippen LogP contribution in [0.1, 0.15) is 43.7 Å². The molecule has 1 aliphatic heterocycles. The molecule has 30 heavy (non-hydrogen) atoms. The van der Waals surface area contributed by atoms with Crippen LogP contribution in [0.25, 0.3) is 11.0 Å². The third-order valence-corrected chi connectivity index (χ3v) is 6.47. The number of rotatable bonds is 5. The Morgan fingerprint density at radius 1 is 0.967 bits per heavy atom. The summed E-state index contributed by atoms with van der Waals surface area (Å²) in [5, 5.41) is 8.99. The predicted octanol–water partition coefficient (Wildman–Crippen LogP) is 3.82. The highest BCUT2D eigenvalue weighted by Crippen LogP contribution is 2.30. The second-order valence-electron chi connectivity index (χ2n) is 8.75. The van der Waals surface area contributed by atoms with E-state index < -0.39 is 0 Å². The molecular weight excluding hydrogens is 374 g/mol. The summed E-state index contributed by atoms with van der Waals surface area (Å²) in [6.45, 7) is 5.59. The van der Waals surface area contributed by atoms with Gasteiger partial charge < -0.3 is 10.2 Å². The SMILES string of the molecule is CN1CCN(Cc2ccc(Nc3ncc4cnn(C5CCCCC5)c4n3)cc2)CC1. The lowest BCUT2D eigenvalue weighted by molar-refractivity contribution is 0.148. The molecule has 2 fully saturated rings. The van der Waals surface area contributed by atoms with Crippen LogP contribution < -0.4 is 5.32 Å². The summed E-state index contributed by atoms with van der Waals surface area (Å²) >= 11 is 0. The molecule has 0 atom stereocenters. The van der Waals surface area contributed by atoms with Gasteiger partial charge in [-0.3, -0.25) is 4.90 Å². The molecule has 7 heteroatoms. The van der Waals surface area contributed by atoms with Crippen molar-refractivity contribution in [3.8, 4) is 0 Å². The summed E-state index contributed by atoms with van der Waals surface area (Å²) in [4.78, 5) is 14.2. The zero-order chi connectivity index (χ0) is 20.3. The van der Waals surface area contributed by atoms with Crippen LogP contribution in [-0.2, 0) is 6.54 Å². The summed E-state index contributed by atoms with van der Waals surface area (Å²) in [6, 6.07) is 9.11. The van der Waals surface area contributed by atoms with Gasteiger partial charge in [-0.1, -0.05) is 31.4 Å². The molecule has 2 aliphatic rings. The Kier molecular flexibility index (Phi) is 5.64. The molecule has 7 nitrogen and oxygen atoms in total. The molecule has 1 saturated heterocycles. The Hall–Kier alpha value is -2.51. The van der Waals surface area contributed by atoms with Crippen LogP contribution in [0.15, 0.2) is 36.7 Å². The Morgan fingerprint density at radius 3 is 2.50 bits per heavy atom. The average molecular weight is 406 g/mol. The summed E-state index contributed by atoms with van der Waals surface area (Å²) < 4.78 is 2.11. The van der Waals surface area contributed by atoms with Crippen LogP contribution in [0, 0.1) is 0 Å². The van der Waals surface area contributed by atoms with Gasteiger partial charge in [0.2, 0.25) is 5.95 Å². The molecule has 0 amide bonds. The van der Waals surface area contributed by atoms with Gasteiger partial charge in [-0.25, -0.2) is 9.67 Å². The Labute approximate surface area is 178 Å². The lowest BCUT2D eigenvalue weighted by Crippen LogP contribution is -2.43. The van der Waals surface area contributed by atoms with E-state index in [0.717, 1.165) is 49.4 Å². The van der Waals surface area contributed by atoms with Gasteiger partial charge in [0.25, 0.3) is 0 Å². The molecule has 0 spiro atoms. The van der Waals surface area contributed by atoms with Gasteiger partial charge in [-0.15, -0.1) is 0 Å². The van der Waals surface area contributed by atoms with Crippen LogP contribution in [-0.4, -0.2) is 62.8 Å². The zero-order valence-corrected chi connectivity index (χ0v) is 17.8. The van der Waals surface area contributed by atoms with Gasteiger partial charge in [0.05, 0.1) is 17.6 Å². The van der Waals surface area contributed by atoms with Crippen molar-refractivity contribution in [1.29, 1.82) is 0 Å². The molecule has 0 unspecified atom stereocenters. The van der Waals surface area contributed by atoms with Crippen molar-refractivity contribution < 1.29 is 0 Å². The quantitative estimate of drug-likeness (QED) is 0.696. The highest BCUT2D eigenvalue weighted by atomic mass is 15.3. The van der Waals surface area contributed by atoms with Crippen LogP contribution >= 0.6 is 0 Å². The van der Waals surface area contributed by atoms with E-state index in [4.69, 9.17) is 4.98 Å². The van der Waals surface area contributed by atoms with Crippen LogP contribution in [0.5, 0.6) is 0 Å². The molecular formula is C23H31N7. The number of hydrogen-bond donors (Lipinski definition) is 1. The second kappa shape index (κ2) is 8.70. The van der Waals surface area contributed by atoms with Gasteiger partial charge in [0, 0.05) is 44.6 Å². The van der Waals surface area contributed by atoms with E-state index in [0.29, 0.717) is 12.0 Å². The Morgan fingerprint density at radius 2 is 1.73 bits per heavy atom. The lowest BCUT2D eigenvalue weighted by atomic mass is 9.96. The molecule has 0 bridgehead atoms. The van der Waals surface area contributed by atoms with Crippen molar-refractivity contribution in [2.45, 2.75) is 44.7 Å². The number of likely N-dealkylation sites (N-methyl/N-ethyl adjacent to an activating group) is 1. The van der Waals surface area contributed by atoms with Crippen molar-refractivity contribution in [2.24, 2.45) is 0 Å². The van der Waals surface area contributed by atoms with Crippen molar-refractivity contribution in [3.05, 3.63) is 42.2 Å². The molecule has 1 aliphatic carbocycles. The van der Waals surface area contributed by atoms with E-state index in [9.17, 15) is 0 Å². The number of hydrogen-bond acceptors (Lipinski definition) is 6. The van der Waals surface area contributed by atoms with E-state index in [1.165, 1.54) is 37.7 Å². The van der Waals surface area contributed by atoms with Crippen LogP contribution in [0.3, 0.4) is 0 Å². The second-order valence-corrected chi connectivity index (χ2v) is 8.75. The zero-order valence-electron chi connectivity index (χ0n) is 17.8. The van der Waals surface area contributed by atoms with Gasteiger partial charge in [0.1, 0.15) is 0 Å². The van der Waals surface area contributed by atoms with E-state index >= 15 is 0 Å². The molecule has 2 aromatic heterocycles. The maximum atomic E-state index is 4.79. The monoisotopic (exact) mass is 405 g/mol. The summed E-state index contributed by atoms with van der Waals surface area (Å²) in [6.07, 6.45) is 10.0. The highest BCUT2D eigenvalue weighted by Gasteiger charge is 2.19. The smallest absolute Gasteiger partial charge is 0.229 e. The van der Waals surface area contributed by atoms with E-state index in [-0.39, 0.29) is 0 Å². The summed E-state index contributed by atoms with van der Waals surface area (Å²) in [5.41, 5.74) is 3.29. The lowest BCUT2D eigenvalue weighted by Gasteiger charge is -2.32. The largest absolute Gasteiger partial charge is 0.324 e. The van der Waals surface area contributed by atoms with E-state index in [1.807, 2.05) is 12.4 Å². The average Bonchev–Trinajstić information content (AvgIpc) is 3.21. The van der Waals surface area contributed by atoms with Crippen molar-refractivity contribution in [2.75, 3.05) is 38.5 Å². The number of benzene rings is 1. The Bertz CT molecular complexity index is 967. The fourth-order valence-corrected chi connectivity index (χ4v) is 4.58. The van der Waals surface area contributed by atoms with Crippen LogP contribution in [0.4, 0.5) is 11.6 Å². The fraction of sp³-hybridized carbons (Fsp3) is 0.522. The van der Waals surface area contributed by atoms with Crippen molar-refractivity contribution >= 4 is 22.7 Å². The minimum atomic E-state index is 0.466. The maximum absolute atomic E-state index is 4.79. The minimum Gasteiger partial charge on any atom is -0.324 e. The molecule has 1 aromatic carbocycles. The third kappa shape index (κ3) is 4.32. The third-order valence-electron chi connectivity index (χ3n) is 6.47. The van der Waals surface area contributed by atoms with Crippen molar-refractivity contribution in [3.63, 3.8) is 0 Å². The summed E-state index contributed by atoms with van der Waals surface area (Å²) in [7, 11) is 2.19. The number of nitrogens with one attached hydrogen (secondary N) is 1. The molecule has 1 saturated carbocycles. The number of fused-ring (bicyclic) bond motifs is 1. The first kappa shape index (κ1) is 19.5. The van der Waals surface area contributed by atoms with E-state index in [2.05, 4.69) is 61.2 Å². The molecule has 3 heterocycles. The standard InChI is InChI=1S/C23H31N7/c1-28-11-13-29(14-12-28)17-18-7-9-20(10-8-18)26-23-24-15-19-16-25-30(22(19)27-23)21-5-3-2-4-6-21/h7-10,15-16,21H,2-6,11-14,17H2,1H3,(H,24,26,27). The van der Waals surface area contributed by atoms with E-state index in [1.54, 1.807) is 0 Å². The number of aromatic nitrogens is 4. The fourth-order valence-electron chi connectivity index (χ4n) is 4.58. The maximum Gasteiger partial charge on any atom is 0.229 e. The first-order valence-corrected chi connectivity index (χ1v) is 11.2. The molecule has 158 valence electrons. The molecule has 5 rings (SSSR count). The number of nitrogens with zero attached hydrogens (tertiary/aromatic N) is 6. The minimum absolute atomic E-state index is 0.466. The van der Waals surface area contributed by atoms with Crippen molar-refractivity contribution in [1.82, 2.24) is 29.5 Å². The molecule has 1 N–H and O–H groups in total. The topological polar surface area (TPSA) is 62.1 Å². The van der Waals surface area contributed by atoms with Crippen LogP contribution in [0.2, 0.25) is 0 Å². The first-order chi connectivity index (χ1) is 14.7. The molecule has 0 radical (unpaired) electrons.